The molecule has 132 valence electrons. The molecule has 0 saturated carbocycles. The zero-order valence-electron chi connectivity index (χ0n) is 13.1. The molecular weight excluding hydrogens is 422 g/mol. The van der Waals surface area contributed by atoms with E-state index in [1.54, 1.807) is 48.5 Å². The molecule has 10 heteroatoms. The molecule has 0 aromatic heterocycles. The van der Waals surface area contributed by atoms with Gasteiger partial charge in [0.25, 0.3) is 10.1 Å². The first-order valence-corrected chi connectivity index (χ1v) is 9.45. The van der Waals surface area contributed by atoms with Crippen LogP contribution in [-0.4, -0.2) is 13.0 Å². The first kappa shape index (κ1) is 18.1. The van der Waals surface area contributed by atoms with Gasteiger partial charge in [-0.25, -0.2) is 0 Å². The van der Waals surface area contributed by atoms with Crippen LogP contribution in [-0.2, 0) is 10.1 Å². The molecule has 0 aliphatic carbocycles. The lowest BCUT2D eigenvalue weighted by Crippen LogP contribution is -1.99. The fourth-order valence-electron chi connectivity index (χ4n) is 2.38. The number of azo groups is 1. The Morgan fingerprint density at radius 3 is 2.19 bits per heavy atom. The molecule has 0 amide bonds. The van der Waals surface area contributed by atoms with Crippen LogP contribution in [0.2, 0.25) is 0 Å². The summed E-state index contributed by atoms with van der Waals surface area (Å²) in [5, 5.41) is 16.0. The highest BCUT2D eigenvalue weighted by molar-refractivity contribution is 9.10. The largest absolute Gasteiger partial charge is 0.305 e. The van der Waals surface area contributed by atoms with Gasteiger partial charge in [0.05, 0.1) is 5.69 Å². The van der Waals surface area contributed by atoms with E-state index in [0.29, 0.717) is 11.1 Å². The third kappa shape index (κ3) is 3.77. The quantitative estimate of drug-likeness (QED) is 0.252. The van der Waals surface area contributed by atoms with Crippen molar-refractivity contribution >= 4 is 53.9 Å². The Morgan fingerprint density at radius 2 is 1.58 bits per heavy atom. The predicted octanol–water partition coefficient (Wildman–Crippen LogP) is 5.22. The van der Waals surface area contributed by atoms with Crippen molar-refractivity contribution in [1.82, 2.24) is 0 Å². The first-order valence-electron chi connectivity index (χ1n) is 7.21. The predicted molar refractivity (Wildman–Crippen MR) is 101 cm³/mol. The number of nitrogens with two attached hydrogens (primary N) is 1. The molecule has 0 radical (unpaired) electrons. The molecule has 3 N–H and O–H groups in total. The Morgan fingerprint density at radius 1 is 0.923 bits per heavy atom. The lowest BCUT2D eigenvalue weighted by Gasteiger charge is -2.08. The molecular formula is C16H12BrN5O3S. The number of halogens is 1. The van der Waals surface area contributed by atoms with E-state index in [0.717, 1.165) is 4.47 Å². The average molecular weight is 434 g/mol. The summed E-state index contributed by atoms with van der Waals surface area (Å²) >= 11 is 3.32. The van der Waals surface area contributed by atoms with Crippen molar-refractivity contribution in [3.63, 3.8) is 0 Å². The minimum atomic E-state index is -4.48. The molecule has 0 aliphatic rings. The molecule has 3 rings (SSSR count). The molecule has 3 aromatic carbocycles. The minimum Gasteiger partial charge on any atom is -0.305 e. The monoisotopic (exact) mass is 433 g/mol. The van der Waals surface area contributed by atoms with Gasteiger partial charge in [-0.3, -0.25) is 4.55 Å². The van der Waals surface area contributed by atoms with Gasteiger partial charge >= 0.3 is 0 Å². The van der Waals surface area contributed by atoms with Crippen LogP contribution in [0, 0.1) is 0 Å². The molecule has 0 saturated heterocycles. The molecule has 0 fully saturated rings. The number of nitrogens with zero attached hydrogens (tertiary/aromatic N) is 4. The highest BCUT2D eigenvalue weighted by Crippen LogP contribution is 2.40. The summed E-state index contributed by atoms with van der Waals surface area (Å²) in [6.45, 7) is 0. The maximum Gasteiger partial charge on any atom is 0.295 e. The number of hydrogen-bond acceptors (Lipinski definition) is 6. The molecule has 0 heterocycles. The van der Waals surface area contributed by atoms with Crippen molar-refractivity contribution in [2.75, 3.05) is 0 Å². The van der Waals surface area contributed by atoms with Crippen molar-refractivity contribution in [2.45, 2.75) is 4.90 Å². The van der Waals surface area contributed by atoms with Crippen LogP contribution in [0.4, 0.5) is 17.1 Å². The van der Waals surface area contributed by atoms with E-state index in [1.807, 2.05) is 0 Å². The molecule has 0 atom stereocenters. The molecule has 26 heavy (non-hydrogen) atoms. The summed E-state index contributed by atoms with van der Waals surface area (Å²) in [5.74, 6) is 5.18. The van der Waals surface area contributed by atoms with Gasteiger partial charge in [-0.2, -0.15) is 13.5 Å². The van der Waals surface area contributed by atoms with Crippen molar-refractivity contribution in [1.29, 1.82) is 0 Å². The topological polar surface area (TPSA) is 130 Å². The van der Waals surface area contributed by atoms with Gasteiger partial charge in [-0.1, -0.05) is 45.4 Å². The average Bonchev–Trinajstić information content (AvgIpc) is 2.61. The normalized spacial score (nSPS) is 12.4. The second-order valence-electron chi connectivity index (χ2n) is 5.15. The number of benzene rings is 3. The Kier molecular flexibility index (Phi) is 5.07. The molecule has 0 unspecified atom stereocenters. The van der Waals surface area contributed by atoms with Crippen LogP contribution in [0.15, 0.2) is 84.5 Å². The van der Waals surface area contributed by atoms with Gasteiger partial charge in [0.2, 0.25) is 0 Å². The summed E-state index contributed by atoms with van der Waals surface area (Å²) in [6, 6.07) is 14.7. The molecule has 3 aromatic rings. The van der Waals surface area contributed by atoms with E-state index in [9.17, 15) is 13.0 Å². The van der Waals surface area contributed by atoms with Gasteiger partial charge in [-0.15, -0.1) is 10.2 Å². The van der Waals surface area contributed by atoms with Crippen molar-refractivity contribution in [3.05, 3.63) is 59.1 Å². The zero-order chi connectivity index (χ0) is 18.7. The molecule has 0 bridgehead atoms. The van der Waals surface area contributed by atoms with Crippen LogP contribution in [0.5, 0.6) is 0 Å². The Balaban J connectivity index is 2.26. The third-order valence-corrected chi connectivity index (χ3v) is 4.92. The Hall–Kier alpha value is -2.69. The maximum absolute atomic E-state index is 11.8. The van der Waals surface area contributed by atoms with E-state index >= 15 is 0 Å². The molecule has 0 spiro atoms. The lowest BCUT2D eigenvalue weighted by molar-refractivity contribution is 0.484. The first-order chi connectivity index (χ1) is 12.4. The van der Waals surface area contributed by atoms with Crippen molar-refractivity contribution in [3.8, 4) is 0 Å². The highest BCUT2D eigenvalue weighted by atomic mass is 79.9. The van der Waals surface area contributed by atoms with E-state index < -0.39 is 10.1 Å². The third-order valence-electron chi connectivity index (χ3n) is 3.49. The van der Waals surface area contributed by atoms with Gasteiger partial charge < -0.3 is 5.84 Å². The molecule has 8 nitrogen and oxygen atoms in total. The minimum absolute atomic E-state index is 0.105. The number of hydrogen-bond donors (Lipinski definition) is 2. The van der Waals surface area contributed by atoms with E-state index in [4.69, 9.17) is 5.84 Å². The van der Waals surface area contributed by atoms with Gasteiger partial charge in [0.1, 0.15) is 16.3 Å². The van der Waals surface area contributed by atoms with Gasteiger partial charge in [0.15, 0.2) is 0 Å². The van der Waals surface area contributed by atoms with Gasteiger partial charge in [0, 0.05) is 15.2 Å². The van der Waals surface area contributed by atoms with Crippen LogP contribution in [0.3, 0.4) is 0 Å². The Bertz CT molecular complexity index is 1130. The van der Waals surface area contributed by atoms with Gasteiger partial charge in [-0.05, 0) is 30.3 Å². The highest BCUT2D eigenvalue weighted by Gasteiger charge is 2.19. The fourth-order valence-corrected chi connectivity index (χ4v) is 3.37. The maximum atomic E-state index is 11.8. The van der Waals surface area contributed by atoms with E-state index in [2.05, 4.69) is 36.5 Å². The second-order valence-corrected chi connectivity index (χ2v) is 7.46. The standard InChI is InChI=1S/C16H12BrN5O3S/c17-10-5-7-11(8-6-10)19-20-14-9-15(26(23,24)25)12-3-1-2-4-13(12)16(14)21-22-18/h1-9H,(H2,18,21)(H,23,24,25). The van der Waals surface area contributed by atoms with Crippen LogP contribution in [0.1, 0.15) is 0 Å². The van der Waals surface area contributed by atoms with E-state index in [-0.39, 0.29) is 21.7 Å². The Labute approximate surface area is 157 Å². The van der Waals surface area contributed by atoms with Crippen LogP contribution in [0.25, 0.3) is 10.8 Å². The van der Waals surface area contributed by atoms with Crippen LogP contribution < -0.4 is 5.84 Å². The summed E-state index contributed by atoms with van der Waals surface area (Å²) in [5.41, 5.74) is 0.898. The molecule has 0 aliphatic heterocycles. The van der Waals surface area contributed by atoms with Crippen LogP contribution >= 0.6 is 15.9 Å². The SMILES string of the molecule is NN=Nc1c(N=Nc2ccc(Br)cc2)cc(S(=O)(=O)O)c2ccccc12. The zero-order valence-corrected chi connectivity index (χ0v) is 15.5. The summed E-state index contributed by atoms with van der Waals surface area (Å²) in [6.07, 6.45) is 0. The lowest BCUT2D eigenvalue weighted by atomic mass is 10.1. The van der Waals surface area contributed by atoms with E-state index in [1.165, 1.54) is 6.07 Å². The smallest absolute Gasteiger partial charge is 0.295 e. The fraction of sp³-hybridized carbons (Fsp3) is 0. The van der Waals surface area contributed by atoms with Crippen molar-refractivity contribution in [2.24, 2.45) is 26.4 Å². The second kappa shape index (κ2) is 7.28. The number of fused-ring (bicyclic) bond motifs is 1. The summed E-state index contributed by atoms with van der Waals surface area (Å²) < 4.78 is 34.0. The summed E-state index contributed by atoms with van der Waals surface area (Å²) in [7, 11) is -4.48. The van der Waals surface area contributed by atoms with Crippen molar-refractivity contribution < 1.29 is 13.0 Å². The number of rotatable bonds is 4. The summed E-state index contributed by atoms with van der Waals surface area (Å²) in [4.78, 5) is -0.297.